The SMILES string of the molecule is C#CC(O)(CO)c1ccc(-c2ccccc2)cc1. The highest BCUT2D eigenvalue weighted by Gasteiger charge is 2.25. The van der Waals surface area contributed by atoms with Gasteiger partial charge in [0, 0.05) is 0 Å². The third kappa shape index (κ3) is 2.28. The Labute approximate surface area is 107 Å². The molecule has 2 aromatic rings. The molecule has 18 heavy (non-hydrogen) atoms. The van der Waals surface area contributed by atoms with Crippen LogP contribution in [0.2, 0.25) is 0 Å². The van der Waals surface area contributed by atoms with E-state index in [-0.39, 0.29) is 0 Å². The first-order chi connectivity index (χ1) is 8.69. The van der Waals surface area contributed by atoms with Crippen LogP contribution in [0, 0.1) is 12.3 Å². The quantitative estimate of drug-likeness (QED) is 0.804. The molecule has 0 aliphatic rings. The number of terminal acetylenes is 1. The first-order valence-electron chi connectivity index (χ1n) is 5.66. The molecule has 0 aliphatic carbocycles. The van der Waals surface area contributed by atoms with Crippen molar-refractivity contribution < 1.29 is 10.2 Å². The molecule has 2 N–H and O–H groups in total. The van der Waals surface area contributed by atoms with Crippen LogP contribution < -0.4 is 0 Å². The Morgan fingerprint density at radius 2 is 1.50 bits per heavy atom. The molecule has 2 rings (SSSR count). The fraction of sp³-hybridized carbons (Fsp3) is 0.125. The maximum absolute atomic E-state index is 9.98. The first kappa shape index (κ1) is 12.4. The van der Waals surface area contributed by atoms with E-state index >= 15 is 0 Å². The number of hydrogen-bond donors (Lipinski definition) is 2. The molecule has 0 saturated carbocycles. The van der Waals surface area contributed by atoms with Gasteiger partial charge in [-0.1, -0.05) is 60.5 Å². The smallest absolute Gasteiger partial charge is 0.173 e. The van der Waals surface area contributed by atoms with Crippen molar-refractivity contribution in [2.45, 2.75) is 5.60 Å². The Balaban J connectivity index is 2.35. The van der Waals surface area contributed by atoms with Gasteiger partial charge in [0.15, 0.2) is 5.60 Å². The maximum Gasteiger partial charge on any atom is 0.173 e. The largest absolute Gasteiger partial charge is 0.392 e. The fourth-order valence-electron chi connectivity index (χ4n) is 1.79. The monoisotopic (exact) mass is 238 g/mol. The summed E-state index contributed by atoms with van der Waals surface area (Å²) in [6.45, 7) is -0.492. The van der Waals surface area contributed by atoms with E-state index in [1.54, 1.807) is 12.1 Å². The zero-order valence-corrected chi connectivity index (χ0v) is 9.88. The van der Waals surface area contributed by atoms with Crippen LogP contribution >= 0.6 is 0 Å². The topological polar surface area (TPSA) is 40.5 Å². The van der Waals surface area contributed by atoms with Crippen molar-refractivity contribution in [1.82, 2.24) is 0 Å². The lowest BCUT2D eigenvalue weighted by Gasteiger charge is -2.19. The number of benzene rings is 2. The molecule has 0 radical (unpaired) electrons. The summed E-state index contributed by atoms with van der Waals surface area (Å²) in [6, 6.07) is 17.1. The molecule has 0 heterocycles. The van der Waals surface area contributed by atoms with Crippen molar-refractivity contribution in [1.29, 1.82) is 0 Å². The van der Waals surface area contributed by atoms with Crippen LogP contribution in [0.1, 0.15) is 5.56 Å². The summed E-state index contributed by atoms with van der Waals surface area (Å²) in [6.07, 6.45) is 5.24. The molecule has 2 nitrogen and oxygen atoms in total. The van der Waals surface area contributed by atoms with Crippen molar-refractivity contribution in [2.75, 3.05) is 6.61 Å². The molecule has 0 fully saturated rings. The summed E-state index contributed by atoms with van der Waals surface area (Å²) in [5.74, 6) is 2.21. The number of hydrogen-bond acceptors (Lipinski definition) is 2. The van der Waals surface area contributed by atoms with Gasteiger partial charge in [-0.15, -0.1) is 6.42 Å². The van der Waals surface area contributed by atoms with Crippen molar-refractivity contribution >= 4 is 0 Å². The minimum atomic E-state index is -1.60. The minimum Gasteiger partial charge on any atom is -0.392 e. The third-order valence-corrected chi connectivity index (χ3v) is 2.94. The molecule has 2 heteroatoms. The van der Waals surface area contributed by atoms with E-state index in [1.807, 2.05) is 42.5 Å². The molecule has 0 saturated heterocycles. The number of aliphatic hydroxyl groups is 2. The van der Waals surface area contributed by atoms with Crippen LogP contribution in [0.15, 0.2) is 54.6 Å². The summed E-state index contributed by atoms with van der Waals surface area (Å²) in [5, 5.41) is 19.1. The Hall–Kier alpha value is -2.08. The summed E-state index contributed by atoms with van der Waals surface area (Å²) < 4.78 is 0. The van der Waals surface area contributed by atoms with E-state index in [0.29, 0.717) is 5.56 Å². The average molecular weight is 238 g/mol. The van der Waals surface area contributed by atoms with Crippen LogP contribution in [0.4, 0.5) is 0 Å². The summed E-state index contributed by atoms with van der Waals surface area (Å²) in [5.41, 5.74) is 1.05. The molecule has 0 aliphatic heterocycles. The van der Waals surface area contributed by atoms with Gasteiger partial charge in [0.05, 0.1) is 6.61 Å². The molecule has 0 spiro atoms. The Morgan fingerprint density at radius 3 is 2.00 bits per heavy atom. The van der Waals surface area contributed by atoms with Gasteiger partial charge in [-0.3, -0.25) is 0 Å². The molecule has 2 aromatic carbocycles. The lowest BCUT2D eigenvalue weighted by molar-refractivity contribution is 0.0331. The zero-order chi connectivity index (χ0) is 13.0. The summed E-state index contributed by atoms with van der Waals surface area (Å²) in [7, 11) is 0. The van der Waals surface area contributed by atoms with E-state index in [2.05, 4.69) is 5.92 Å². The van der Waals surface area contributed by atoms with Crippen LogP contribution in [0.5, 0.6) is 0 Å². The Morgan fingerprint density at radius 1 is 0.944 bits per heavy atom. The highest BCUT2D eigenvalue weighted by atomic mass is 16.3. The molecule has 0 bridgehead atoms. The van der Waals surface area contributed by atoms with Gasteiger partial charge in [-0.2, -0.15) is 0 Å². The van der Waals surface area contributed by atoms with Crippen molar-refractivity contribution in [3.05, 3.63) is 60.2 Å². The Bertz CT molecular complexity index is 552. The lowest BCUT2D eigenvalue weighted by atomic mass is 9.93. The summed E-state index contributed by atoms with van der Waals surface area (Å²) >= 11 is 0. The minimum absolute atomic E-state index is 0.492. The Kier molecular flexibility index (Phi) is 3.47. The highest BCUT2D eigenvalue weighted by Crippen LogP contribution is 2.24. The molecule has 0 aromatic heterocycles. The van der Waals surface area contributed by atoms with Crippen LogP contribution in [-0.2, 0) is 5.60 Å². The predicted molar refractivity (Wildman–Crippen MR) is 71.7 cm³/mol. The van der Waals surface area contributed by atoms with Crippen molar-refractivity contribution in [3.63, 3.8) is 0 Å². The van der Waals surface area contributed by atoms with Crippen molar-refractivity contribution in [3.8, 4) is 23.5 Å². The van der Waals surface area contributed by atoms with E-state index in [9.17, 15) is 5.11 Å². The van der Waals surface area contributed by atoms with Crippen LogP contribution in [-0.4, -0.2) is 16.8 Å². The van der Waals surface area contributed by atoms with E-state index in [1.165, 1.54) is 0 Å². The molecule has 90 valence electrons. The lowest BCUT2D eigenvalue weighted by Crippen LogP contribution is -2.27. The predicted octanol–water partition coefficient (Wildman–Crippen LogP) is 2.17. The van der Waals surface area contributed by atoms with Gasteiger partial charge in [-0.05, 0) is 16.7 Å². The second kappa shape index (κ2) is 5.05. The van der Waals surface area contributed by atoms with E-state index in [4.69, 9.17) is 11.5 Å². The molecular weight excluding hydrogens is 224 g/mol. The first-order valence-corrected chi connectivity index (χ1v) is 5.66. The maximum atomic E-state index is 9.98. The fourth-order valence-corrected chi connectivity index (χ4v) is 1.79. The van der Waals surface area contributed by atoms with Gasteiger partial charge in [0.1, 0.15) is 0 Å². The normalized spacial score (nSPS) is 13.6. The number of rotatable bonds is 3. The van der Waals surface area contributed by atoms with Gasteiger partial charge < -0.3 is 10.2 Å². The average Bonchev–Trinajstić information content (AvgIpc) is 2.47. The van der Waals surface area contributed by atoms with Crippen LogP contribution in [0.25, 0.3) is 11.1 Å². The van der Waals surface area contributed by atoms with Gasteiger partial charge in [0.2, 0.25) is 0 Å². The molecule has 0 amide bonds. The zero-order valence-electron chi connectivity index (χ0n) is 9.88. The highest BCUT2D eigenvalue weighted by molar-refractivity contribution is 5.63. The molecule has 1 atom stereocenters. The van der Waals surface area contributed by atoms with Crippen LogP contribution in [0.3, 0.4) is 0 Å². The van der Waals surface area contributed by atoms with Gasteiger partial charge >= 0.3 is 0 Å². The molecule has 1 unspecified atom stereocenters. The van der Waals surface area contributed by atoms with Gasteiger partial charge in [-0.25, -0.2) is 0 Å². The summed E-state index contributed by atoms with van der Waals surface area (Å²) in [4.78, 5) is 0. The van der Waals surface area contributed by atoms with E-state index < -0.39 is 12.2 Å². The van der Waals surface area contributed by atoms with Gasteiger partial charge in [0.25, 0.3) is 0 Å². The van der Waals surface area contributed by atoms with Crippen molar-refractivity contribution in [2.24, 2.45) is 0 Å². The molecular formula is C16H14O2. The van der Waals surface area contributed by atoms with E-state index in [0.717, 1.165) is 11.1 Å². The second-order valence-electron chi connectivity index (χ2n) is 4.11. The third-order valence-electron chi connectivity index (χ3n) is 2.94. The number of aliphatic hydroxyl groups excluding tert-OH is 1. The second-order valence-corrected chi connectivity index (χ2v) is 4.11. The standard InChI is InChI=1S/C16H14O2/c1-2-16(18,12-17)15-10-8-14(9-11-15)13-6-4-3-5-7-13/h1,3-11,17-18H,12H2.